The largest absolute Gasteiger partial charge is 0.497 e. The maximum absolute atomic E-state index is 12.9. The first-order valence-electron chi connectivity index (χ1n) is 12.0. The van der Waals surface area contributed by atoms with Crippen LogP contribution in [0.15, 0.2) is 55.0 Å². The van der Waals surface area contributed by atoms with Crippen LogP contribution in [0.5, 0.6) is 5.75 Å². The molecule has 3 aromatic heterocycles. The van der Waals surface area contributed by atoms with E-state index < -0.39 is 0 Å². The number of rotatable bonds is 5. The minimum atomic E-state index is -0.0429. The number of carbonyl (C=O) groups excluding carboxylic acids is 1. The van der Waals surface area contributed by atoms with Crippen molar-refractivity contribution in [3.05, 3.63) is 55.0 Å². The summed E-state index contributed by atoms with van der Waals surface area (Å²) in [6.45, 7) is 0. The topological polar surface area (TPSA) is 137 Å². The number of fused-ring (bicyclic) bond motifs is 2. The summed E-state index contributed by atoms with van der Waals surface area (Å²) < 4.78 is 7.33. The van der Waals surface area contributed by atoms with Crippen molar-refractivity contribution >= 4 is 39.5 Å². The van der Waals surface area contributed by atoms with Crippen molar-refractivity contribution in [3.63, 3.8) is 0 Å². The van der Waals surface area contributed by atoms with Crippen molar-refractivity contribution in [3.8, 4) is 17.1 Å². The Hall–Kier alpha value is -4.47. The number of benzene rings is 2. The number of nitrogen functional groups attached to an aromatic ring is 1. The summed E-state index contributed by atoms with van der Waals surface area (Å²) in [6, 6.07) is 13.5. The number of nitrogens with two attached hydrogens (primary N) is 1. The van der Waals surface area contributed by atoms with Crippen molar-refractivity contribution in [2.45, 2.75) is 31.7 Å². The Bertz CT molecular complexity index is 1570. The summed E-state index contributed by atoms with van der Waals surface area (Å²) in [4.78, 5) is 26.7. The van der Waals surface area contributed by atoms with Gasteiger partial charge >= 0.3 is 0 Å². The second-order valence-corrected chi connectivity index (χ2v) is 9.16. The van der Waals surface area contributed by atoms with Gasteiger partial charge in [-0.3, -0.25) is 9.89 Å². The predicted octanol–water partition coefficient (Wildman–Crippen LogP) is 4.33. The van der Waals surface area contributed by atoms with Crippen LogP contribution in [0.25, 0.3) is 33.5 Å². The number of nitrogens with zero attached hydrogens (tertiary/aromatic N) is 5. The number of aromatic nitrogens is 6. The van der Waals surface area contributed by atoms with E-state index in [1.165, 1.54) is 0 Å². The third kappa shape index (κ3) is 4.00. The van der Waals surface area contributed by atoms with Crippen LogP contribution < -0.4 is 15.8 Å². The summed E-state index contributed by atoms with van der Waals surface area (Å²) in [5, 5.41) is 11.1. The molecule has 182 valence electrons. The standard InChI is InChI=1S/C26H26N8O2/c1-36-20-4-2-3-18(12-20)30-26(35)15-7-9-19(10-8-15)34-14-28-22-23(27)31-24(32-25(22)34)16-5-6-17-13-29-33-21(17)11-16/h2-6,11-15,19H,7-10H2,1H3,(H,29,33)(H,30,35)(H2,27,31,32). The van der Waals surface area contributed by atoms with Gasteiger partial charge in [-0.2, -0.15) is 5.10 Å². The van der Waals surface area contributed by atoms with E-state index >= 15 is 0 Å². The Labute approximate surface area is 206 Å². The van der Waals surface area contributed by atoms with Gasteiger partial charge in [-0.25, -0.2) is 15.0 Å². The van der Waals surface area contributed by atoms with E-state index in [4.69, 9.17) is 15.5 Å². The zero-order valence-corrected chi connectivity index (χ0v) is 19.8. The minimum Gasteiger partial charge on any atom is -0.497 e. The molecule has 0 saturated heterocycles. The first-order valence-corrected chi connectivity index (χ1v) is 12.0. The summed E-state index contributed by atoms with van der Waals surface area (Å²) >= 11 is 0. The van der Waals surface area contributed by atoms with Gasteiger partial charge in [-0.1, -0.05) is 18.2 Å². The molecule has 10 nitrogen and oxygen atoms in total. The van der Waals surface area contributed by atoms with Gasteiger partial charge in [-0.15, -0.1) is 0 Å². The summed E-state index contributed by atoms with van der Waals surface area (Å²) in [6.07, 6.45) is 6.83. The molecular formula is C26H26N8O2. The monoisotopic (exact) mass is 482 g/mol. The zero-order chi connectivity index (χ0) is 24.6. The number of H-pyrrole nitrogens is 1. The van der Waals surface area contributed by atoms with Gasteiger partial charge in [0.1, 0.15) is 11.3 Å². The predicted molar refractivity (Wildman–Crippen MR) is 137 cm³/mol. The summed E-state index contributed by atoms with van der Waals surface area (Å²) in [5.41, 5.74) is 10.1. The minimum absolute atomic E-state index is 0.0419. The first kappa shape index (κ1) is 22.0. The number of anilines is 2. The van der Waals surface area contributed by atoms with E-state index in [1.54, 1.807) is 19.6 Å². The SMILES string of the molecule is COc1cccc(NC(=O)C2CCC(n3cnc4c(N)nc(-c5ccc6cn[nH]c6c5)nc43)CC2)c1. The lowest BCUT2D eigenvalue weighted by atomic mass is 9.85. The Morgan fingerprint density at radius 3 is 2.83 bits per heavy atom. The Balaban J connectivity index is 1.20. The fourth-order valence-corrected chi connectivity index (χ4v) is 4.97. The maximum Gasteiger partial charge on any atom is 0.227 e. The lowest BCUT2D eigenvalue weighted by molar-refractivity contribution is -0.120. The number of ether oxygens (including phenoxy) is 1. The fourth-order valence-electron chi connectivity index (χ4n) is 4.97. The number of hydrogen-bond donors (Lipinski definition) is 3. The van der Waals surface area contributed by atoms with Crippen LogP contribution in [0.4, 0.5) is 11.5 Å². The van der Waals surface area contributed by atoms with Crippen molar-refractivity contribution in [2.75, 3.05) is 18.2 Å². The van der Waals surface area contributed by atoms with E-state index in [0.29, 0.717) is 28.6 Å². The van der Waals surface area contributed by atoms with E-state index in [9.17, 15) is 4.79 Å². The van der Waals surface area contributed by atoms with Gasteiger partial charge in [0.15, 0.2) is 17.3 Å². The molecule has 1 amide bonds. The molecule has 0 unspecified atom stereocenters. The van der Waals surface area contributed by atoms with Gasteiger partial charge in [0.05, 0.1) is 25.2 Å². The van der Waals surface area contributed by atoms with Gasteiger partial charge in [-0.05, 0) is 43.9 Å². The molecule has 0 bridgehead atoms. The molecule has 10 heteroatoms. The Kier molecular flexibility index (Phi) is 5.48. The normalized spacial score (nSPS) is 17.9. The highest BCUT2D eigenvalue weighted by Gasteiger charge is 2.29. The molecule has 4 N–H and O–H groups in total. The third-order valence-corrected chi connectivity index (χ3v) is 6.95. The molecule has 1 aliphatic rings. The Morgan fingerprint density at radius 2 is 2.00 bits per heavy atom. The van der Waals surface area contributed by atoms with Gasteiger partial charge in [0.25, 0.3) is 0 Å². The van der Waals surface area contributed by atoms with Crippen LogP contribution in [0.1, 0.15) is 31.7 Å². The second-order valence-electron chi connectivity index (χ2n) is 9.16. The van der Waals surface area contributed by atoms with Crippen LogP contribution in [0.3, 0.4) is 0 Å². The number of imidazole rings is 1. The van der Waals surface area contributed by atoms with Gasteiger partial charge < -0.3 is 20.4 Å². The molecule has 0 aliphatic heterocycles. The van der Waals surface area contributed by atoms with Crippen molar-refractivity contribution < 1.29 is 9.53 Å². The van der Waals surface area contributed by atoms with Crippen LogP contribution in [-0.4, -0.2) is 42.7 Å². The quantitative estimate of drug-likeness (QED) is 0.339. The first-order chi connectivity index (χ1) is 17.6. The zero-order valence-electron chi connectivity index (χ0n) is 19.8. The lowest BCUT2D eigenvalue weighted by Gasteiger charge is -2.28. The molecule has 6 rings (SSSR count). The van der Waals surface area contributed by atoms with E-state index in [2.05, 4.69) is 30.0 Å². The molecule has 2 aromatic carbocycles. The van der Waals surface area contributed by atoms with Crippen molar-refractivity contribution in [2.24, 2.45) is 5.92 Å². The van der Waals surface area contributed by atoms with Crippen LogP contribution in [-0.2, 0) is 4.79 Å². The highest BCUT2D eigenvalue weighted by atomic mass is 16.5. The molecular weight excluding hydrogens is 456 g/mol. The molecule has 36 heavy (non-hydrogen) atoms. The molecule has 1 aliphatic carbocycles. The molecule has 0 radical (unpaired) electrons. The number of hydrogen-bond acceptors (Lipinski definition) is 7. The maximum atomic E-state index is 12.9. The van der Waals surface area contributed by atoms with Crippen LogP contribution in [0.2, 0.25) is 0 Å². The number of amides is 1. The second kappa shape index (κ2) is 8.95. The fraction of sp³-hybridized carbons (Fsp3) is 0.269. The van der Waals surface area contributed by atoms with Gasteiger partial charge in [0, 0.05) is 34.7 Å². The van der Waals surface area contributed by atoms with Crippen LogP contribution >= 0.6 is 0 Å². The summed E-state index contributed by atoms with van der Waals surface area (Å²) in [7, 11) is 1.61. The molecule has 0 atom stereocenters. The molecule has 3 heterocycles. The van der Waals surface area contributed by atoms with Gasteiger partial charge in [0.2, 0.25) is 5.91 Å². The van der Waals surface area contributed by atoms with Crippen molar-refractivity contribution in [1.29, 1.82) is 0 Å². The Morgan fingerprint density at radius 1 is 1.14 bits per heavy atom. The average molecular weight is 483 g/mol. The third-order valence-electron chi connectivity index (χ3n) is 6.95. The number of aromatic amines is 1. The highest BCUT2D eigenvalue weighted by Crippen LogP contribution is 2.35. The van der Waals surface area contributed by atoms with E-state index in [1.807, 2.05) is 42.5 Å². The average Bonchev–Trinajstić information content (AvgIpc) is 3.56. The molecule has 1 fully saturated rings. The molecule has 1 saturated carbocycles. The molecule has 5 aromatic rings. The van der Waals surface area contributed by atoms with E-state index in [0.717, 1.165) is 47.8 Å². The van der Waals surface area contributed by atoms with Crippen LogP contribution in [0, 0.1) is 5.92 Å². The highest BCUT2D eigenvalue weighted by molar-refractivity contribution is 5.92. The van der Waals surface area contributed by atoms with E-state index in [-0.39, 0.29) is 17.9 Å². The smallest absolute Gasteiger partial charge is 0.227 e. The number of carbonyl (C=O) groups is 1. The number of methoxy groups -OCH3 is 1. The lowest BCUT2D eigenvalue weighted by Crippen LogP contribution is -2.28. The van der Waals surface area contributed by atoms with Crippen molar-refractivity contribution in [1.82, 2.24) is 29.7 Å². The molecule has 0 spiro atoms. The number of nitrogens with one attached hydrogen (secondary N) is 2. The summed E-state index contributed by atoms with van der Waals surface area (Å²) in [5.74, 6) is 1.61.